The van der Waals surface area contributed by atoms with Crippen molar-refractivity contribution in [3.05, 3.63) is 198 Å². The summed E-state index contributed by atoms with van der Waals surface area (Å²) in [5.74, 6) is 0.293. The van der Waals surface area contributed by atoms with E-state index in [2.05, 4.69) is 190 Å². The Hall–Kier alpha value is -6.28. The Balaban J connectivity index is 1.01. The summed E-state index contributed by atoms with van der Waals surface area (Å²) >= 11 is 1.91. The highest BCUT2D eigenvalue weighted by Crippen LogP contribution is 2.56. The van der Waals surface area contributed by atoms with Gasteiger partial charge in [0.2, 0.25) is 0 Å². The van der Waals surface area contributed by atoms with Crippen LogP contribution in [0.5, 0.6) is 0 Å². The molecule has 1 aromatic heterocycles. The van der Waals surface area contributed by atoms with Crippen molar-refractivity contribution < 1.29 is 0 Å². The van der Waals surface area contributed by atoms with Crippen molar-refractivity contribution in [1.29, 1.82) is 0 Å². The Kier molecular flexibility index (Phi) is 6.78. The van der Waals surface area contributed by atoms with E-state index in [0.717, 1.165) is 6.42 Å². The van der Waals surface area contributed by atoms with Gasteiger partial charge in [0.15, 0.2) is 0 Å². The molecule has 9 aromatic carbocycles. The minimum atomic E-state index is -0.0728. The predicted molar refractivity (Wildman–Crippen MR) is 243 cm³/mol. The maximum atomic E-state index is 2.59. The van der Waals surface area contributed by atoms with Crippen LogP contribution >= 0.6 is 11.3 Å². The normalized spacial score (nSPS) is 16.1. The average Bonchev–Trinajstić information content (AvgIpc) is 3.72. The molecule has 10 aromatic rings. The van der Waals surface area contributed by atoms with Crippen LogP contribution in [0.15, 0.2) is 182 Å². The molecular formula is C55H38S. The number of thiophene rings is 1. The average molecular weight is 731 g/mol. The minimum Gasteiger partial charge on any atom is -0.135 e. The van der Waals surface area contributed by atoms with Crippen LogP contribution in [0.1, 0.15) is 42.9 Å². The van der Waals surface area contributed by atoms with Crippen molar-refractivity contribution >= 4 is 80.2 Å². The van der Waals surface area contributed by atoms with Gasteiger partial charge in [-0.05, 0) is 118 Å². The lowest BCUT2D eigenvalue weighted by Gasteiger charge is -2.27. The molecule has 0 saturated carbocycles. The van der Waals surface area contributed by atoms with Crippen molar-refractivity contribution in [1.82, 2.24) is 0 Å². The summed E-state index contributed by atoms with van der Waals surface area (Å²) in [5.41, 5.74) is 12.2. The zero-order valence-electron chi connectivity index (χ0n) is 31.4. The van der Waals surface area contributed by atoms with Crippen molar-refractivity contribution in [2.24, 2.45) is 0 Å². The number of rotatable bonds is 3. The third-order valence-electron chi connectivity index (χ3n) is 12.9. The maximum Gasteiger partial charge on any atom is 0.0361 e. The Labute approximate surface area is 330 Å². The summed E-state index contributed by atoms with van der Waals surface area (Å²) in [6, 6.07) is 61.5. The van der Waals surface area contributed by atoms with E-state index in [1.165, 1.54) is 113 Å². The molecule has 1 atom stereocenters. The van der Waals surface area contributed by atoms with Gasteiger partial charge in [-0.15, -0.1) is 11.3 Å². The third kappa shape index (κ3) is 4.53. The SMILES string of the molecule is CC1(C)C2=CCC(c3cccc(-c4c5ccccc5c(-c5cccc6ccccc56)c5ccccc45)c3)C=C2c2ccc3cc4sc5ccccc5c4cc3c21. The van der Waals surface area contributed by atoms with Crippen LogP contribution in [0, 0.1) is 0 Å². The molecule has 0 fully saturated rings. The second kappa shape index (κ2) is 11.9. The van der Waals surface area contributed by atoms with Gasteiger partial charge in [0, 0.05) is 31.5 Å². The van der Waals surface area contributed by atoms with Gasteiger partial charge in [0.05, 0.1) is 0 Å². The highest BCUT2D eigenvalue weighted by molar-refractivity contribution is 7.25. The molecule has 0 amide bonds. The highest BCUT2D eigenvalue weighted by atomic mass is 32.1. The molecule has 2 aliphatic rings. The van der Waals surface area contributed by atoms with E-state index in [-0.39, 0.29) is 5.41 Å². The number of allylic oxidation sites excluding steroid dienone is 4. The van der Waals surface area contributed by atoms with E-state index < -0.39 is 0 Å². The summed E-state index contributed by atoms with van der Waals surface area (Å²) in [4.78, 5) is 0. The maximum absolute atomic E-state index is 2.59. The van der Waals surface area contributed by atoms with Crippen molar-refractivity contribution in [3.63, 3.8) is 0 Å². The number of fused-ring (bicyclic) bond motifs is 11. The van der Waals surface area contributed by atoms with Gasteiger partial charge in [-0.1, -0.05) is 172 Å². The smallest absolute Gasteiger partial charge is 0.0361 e. The van der Waals surface area contributed by atoms with Gasteiger partial charge in [0.1, 0.15) is 0 Å². The molecular weight excluding hydrogens is 693 g/mol. The fourth-order valence-corrected chi connectivity index (χ4v) is 11.6. The molecule has 12 rings (SSSR count). The Morgan fingerprint density at radius 1 is 0.482 bits per heavy atom. The second-order valence-electron chi connectivity index (χ2n) is 16.3. The quantitative estimate of drug-likeness (QED) is 0.159. The molecule has 1 unspecified atom stereocenters. The van der Waals surface area contributed by atoms with Crippen LogP contribution < -0.4 is 0 Å². The molecule has 0 N–H and O–H groups in total. The van der Waals surface area contributed by atoms with E-state index in [1.807, 2.05) is 11.3 Å². The molecule has 0 aliphatic heterocycles. The topological polar surface area (TPSA) is 0 Å². The van der Waals surface area contributed by atoms with Crippen LogP contribution in [0.25, 0.3) is 91.1 Å². The van der Waals surface area contributed by atoms with Crippen LogP contribution in [0.2, 0.25) is 0 Å². The summed E-state index contributed by atoms with van der Waals surface area (Å²) < 4.78 is 2.73. The zero-order valence-corrected chi connectivity index (χ0v) is 32.3. The van der Waals surface area contributed by atoms with Crippen LogP contribution in [0.3, 0.4) is 0 Å². The molecule has 0 bridgehead atoms. The number of hydrogen-bond acceptors (Lipinski definition) is 1. The number of hydrogen-bond donors (Lipinski definition) is 0. The van der Waals surface area contributed by atoms with E-state index in [4.69, 9.17) is 0 Å². The standard InChI is InChI=1S/C55H38S/c1-55(2)49-28-26-35(30-47(49)45-27-25-36-31-51-48(32-46(36)54(45)55)39-18-9-10-24-50(39)56-51)34-15-11-16-37(29-34)52-41-19-5-7-21-43(41)53(44-22-8-6-20-42(44)52)40-23-12-14-33-13-3-4-17-38(33)40/h3-25,27-32,35H,26H2,1-2H3. The van der Waals surface area contributed by atoms with E-state index >= 15 is 0 Å². The zero-order chi connectivity index (χ0) is 37.1. The van der Waals surface area contributed by atoms with Crippen LogP contribution in [-0.2, 0) is 5.41 Å². The largest absolute Gasteiger partial charge is 0.135 e. The molecule has 2 aliphatic carbocycles. The summed E-state index contributed by atoms with van der Waals surface area (Å²) in [7, 11) is 0. The molecule has 264 valence electrons. The third-order valence-corrected chi connectivity index (χ3v) is 14.1. The first-order chi connectivity index (χ1) is 27.5. The lowest BCUT2D eigenvalue weighted by atomic mass is 9.76. The molecule has 0 nitrogen and oxygen atoms in total. The van der Waals surface area contributed by atoms with Gasteiger partial charge in [-0.2, -0.15) is 0 Å². The van der Waals surface area contributed by atoms with Gasteiger partial charge in [-0.25, -0.2) is 0 Å². The Bertz CT molecular complexity index is 3300. The molecule has 0 saturated heterocycles. The van der Waals surface area contributed by atoms with Crippen molar-refractivity contribution in [3.8, 4) is 22.3 Å². The van der Waals surface area contributed by atoms with Crippen LogP contribution in [-0.4, -0.2) is 0 Å². The first-order valence-corrected chi connectivity index (χ1v) is 20.7. The van der Waals surface area contributed by atoms with E-state index in [0.29, 0.717) is 5.92 Å². The Morgan fingerprint density at radius 3 is 1.93 bits per heavy atom. The van der Waals surface area contributed by atoms with E-state index in [9.17, 15) is 0 Å². The monoisotopic (exact) mass is 730 g/mol. The van der Waals surface area contributed by atoms with Crippen molar-refractivity contribution in [2.45, 2.75) is 31.6 Å². The molecule has 0 radical (unpaired) electrons. The van der Waals surface area contributed by atoms with Crippen molar-refractivity contribution in [2.75, 3.05) is 0 Å². The molecule has 1 heterocycles. The van der Waals surface area contributed by atoms with Gasteiger partial charge in [0.25, 0.3) is 0 Å². The van der Waals surface area contributed by atoms with Gasteiger partial charge < -0.3 is 0 Å². The van der Waals surface area contributed by atoms with Crippen LogP contribution in [0.4, 0.5) is 0 Å². The fourth-order valence-electron chi connectivity index (χ4n) is 10.4. The van der Waals surface area contributed by atoms with Gasteiger partial charge in [-0.3, -0.25) is 0 Å². The van der Waals surface area contributed by atoms with E-state index in [1.54, 1.807) is 0 Å². The molecule has 56 heavy (non-hydrogen) atoms. The highest BCUT2D eigenvalue weighted by Gasteiger charge is 2.41. The summed E-state index contributed by atoms with van der Waals surface area (Å²) in [6.45, 7) is 4.87. The Morgan fingerprint density at radius 2 is 1.14 bits per heavy atom. The first kappa shape index (κ1) is 32.0. The lowest BCUT2D eigenvalue weighted by Crippen LogP contribution is -2.17. The minimum absolute atomic E-state index is 0.0728. The number of benzene rings is 9. The van der Waals surface area contributed by atoms with Gasteiger partial charge >= 0.3 is 0 Å². The summed E-state index contributed by atoms with van der Waals surface area (Å²) in [6.07, 6.45) is 6.14. The first-order valence-electron chi connectivity index (χ1n) is 19.9. The molecule has 0 spiro atoms. The summed E-state index contributed by atoms with van der Waals surface area (Å²) in [5, 5.41) is 13.2. The molecule has 1 heteroatoms. The predicted octanol–water partition coefficient (Wildman–Crippen LogP) is 15.8. The second-order valence-corrected chi connectivity index (χ2v) is 17.4. The lowest BCUT2D eigenvalue weighted by molar-refractivity contribution is 0.656. The fraction of sp³-hybridized carbons (Fsp3) is 0.0909.